The Morgan fingerprint density at radius 1 is 1.38 bits per heavy atom. The van der Waals surface area contributed by atoms with E-state index in [-0.39, 0.29) is 10.8 Å². The van der Waals surface area contributed by atoms with Gasteiger partial charge in [0.2, 0.25) is 0 Å². The summed E-state index contributed by atoms with van der Waals surface area (Å²) in [6.45, 7) is 0. The lowest BCUT2D eigenvalue weighted by Gasteiger charge is -2.34. The zero-order valence-electron chi connectivity index (χ0n) is 11.3. The number of sulfone groups is 1. The molecule has 2 aromatic rings. The topological polar surface area (TPSA) is 99.1 Å². The maximum Gasteiger partial charge on any atom is 0.259 e. The first kappa shape index (κ1) is 14.7. The predicted molar refractivity (Wildman–Crippen MR) is 80.3 cm³/mol. The second kappa shape index (κ2) is 4.89. The fraction of sp³-hybridized carbons (Fsp3) is 0.385. The predicted octanol–water partition coefficient (Wildman–Crippen LogP) is 2.24. The molecule has 1 aliphatic carbocycles. The average molecular weight is 372 g/mol. The lowest BCUT2D eigenvalue weighted by molar-refractivity contribution is 0.229. The molecule has 1 fully saturated rings. The molecule has 0 atom stereocenters. The molecule has 0 bridgehead atoms. The van der Waals surface area contributed by atoms with Crippen molar-refractivity contribution in [3.05, 3.63) is 28.5 Å². The van der Waals surface area contributed by atoms with Gasteiger partial charge in [-0.05, 0) is 53.4 Å². The van der Waals surface area contributed by atoms with Crippen LogP contribution in [0.5, 0.6) is 0 Å². The van der Waals surface area contributed by atoms with Gasteiger partial charge in [-0.25, -0.2) is 8.42 Å². The van der Waals surface area contributed by atoms with Crippen molar-refractivity contribution in [2.45, 2.75) is 29.7 Å². The molecule has 112 valence electrons. The largest absolute Gasteiger partial charge is 0.334 e. The smallest absolute Gasteiger partial charge is 0.259 e. The molecule has 2 N–H and O–H groups in total. The van der Waals surface area contributed by atoms with Gasteiger partial charge in [0, 0.05) is 10.7 Å². The molecular weight excluding hydrogens is 358 g/mol. The van der Waals surface area contributed by atoms with Gasteiger partial charge in [0.05, 0.1) is 16.0 Å². The number of nitrogens with two attached hydrogens (primary N) is 1. The highest BCUT2D eigenvalue weighted by Crippen LogP contribution is 2.38. The van der Waals surface area contributed by atoms with E-state index < -0.39 is 15.4 Å². The summed E-state index contributed by atoms with van der Waals surface area (Å²) < 4.78 is 29.2. The van der Waals surface area contributed by atoms with Crippen molar-refractivity contribution in [2.24, 2.45) is 5.73 Å². The van der Waals surface area contributed by atoms with Gasteiger partial charge in [-0.15, -0.1) is 0 Å². The molecule has 0 spiro atoms. The standard InChI is InChI=1S/C13H14BrN3O3S/c1-21(18,19)8-3-4-10(14)9(7-8)11-16-12(17-20-11)13(15)5-2-6-13/h3-4,7H,2,5-6,15H2,1H3. The highest BCUT2D eigenvalue weighted by atomic mass is 79.9. The van der Waals surface area contributed by atoms with Gasteiger partial charge in [-0.3, -0.25) is 0 Å². The van der Waals surface area contributed by atoms with Crippen molar-refractivity contribution in [3.63, 3.8) is 0 Å². The van der Waals surface area contributed by atoms with E-state index in [9.17, 15) is 8.42 Å². The Morgan fingerprint density at radius 2 is 2.10 bits per heavy atom. The molecule has 0 unspecified atom stereocenters. The van der Waals surface area contributed by atoms with Crippen molar-refractivity contribution < 1.29 is 12.9 Å². The minimum Gasteiger partial charge on any atom is -0.334 e. The molecule has 0 amide bonds. The third kappa shape index (κ3) is 2.63. The summed E-state index contributed by atoms with van der Waals surface area (Å²) in [5.41, 5.74) is 6.19. The third-order valence-electron chi connectivity index (χ3n) is 3.71. The molecule has 1 aliphatic rings. The molecular formula is C13H14BrN3O3S. The van der Waals surface area contributed by atoms with E-state index in [0.717, 1.165) is 25.5 Å². The van der Waals surface area contributed by atoms with Crippen LogP contribution in [0.4, 0.5) is 0 Å². The Morgan fingerprint density at radius 3 is 2.67 bits per heavy atom. The fourth-order valence-corrected chi connectivity index (χ4v) is 3.28. The number of rotatable bonds is 3. The first-order valence-corrected chi connectivity index (χ1v) is 9.11. The van der Waals surface area contributed by atoms with Crippen LogP contribution in [-0.2, 0) is 15.4 Å². The van der Waals surface area contributed by atoms with Crippen LogP contribution in [0, 0.1) is 0 Å². The Balaban J connectivity index is 2.04. The van der Waals surface area contributed by atoms with Crippen LogP contribution in [-0.4, -0.2) is 24.8 Å². The summed E-state index contributed by atoms with van der Waals surface area (Å²) in [6.07, 6.45) is 3.86. The van der Waals surface area contributed by atoms with Gasteiger partial charge in [-0.1, -0.05) is 5.16 Å². The summed E-state index contributed by atoms with van der Waals surface area (Å²) in [5.74, 6) is 0.736. The van der Waals surface area contributed by atoms with E-state index in [4.69, 9.17) is 10.3 Å². The zero-order valence-corrected chi connectivity index (χ0v) is 13.7. The summed E-state index contributed by atoms with van der Waals surface area (Å²) in [5, 5.41) is 3.94. The molecule has 0 saturated heterocycles. The first-order chi connectivity index (χ1) is 9.79. The number of halogens is 1. The third-order valence-corrected chi connectivity index (χ3v) is 5.52. The van der Waals surface area contributed by atoms with Gasteiger partial charge >= 0.3 is 0 Å². The van der Waals surface area contributed by atoms with Crippen LogP contribution in [0.2, 0.25) is 0 Å². The van der Waals surface area contributed by atoms with Crippen LogP contribution < -0.4 is 5.73 Å². The van der Waals surface area contributed by atoms with Gasteiger partial charge in [0.15, 0.2) is 15.7 Å². The summed E-state index contributed by atoms with van der Waals surface area (Å²) in [7, 11) is -3.30. The molecule has 1 aromatic carbocycles. The van der Waals surface area contributed by atoms with Gasteiger partial charge < -0.3 is 10.3 Å². The molecule has 6 nitrogen and oxygen atoms in total. The Hall–Kier alpha value is -1.25. The minimum atomic E-state index is -3.30. The second-order valence-electron chi connectivity index (χ2n) is 5.35. The van der Waals surface area contributed by atoms with Gasteiger partial charge in [0.1, 0.15) is 0 Å². The Labute approximate surface area is 130 Å². The monoisotopic (exact) mass is 371 g/mol. The van der Waals surface area contributed by atoms with E-state index in [1.807, 2.05) is 0 Å². The van der Waals surface area contributed by atoms with E-state index in [0.29, 0.717) is 15.9 Å². The van der Waals surface area contributed by atoms with Crippen molar-refractivity contribution in [1.82, 2.24) is 10.1 Å². The van der Waals surface area contributed by atoms with Crippen LogP contribution in [0.15, 0.2) is 32.1 Å². The molecule has 0 radical (unpaired) electrons. The fourth-order valence-electron chi connectivity index (χ4n) is 2.22. The van der Waals surface area contributed by atoms with Crippen LogP contribution in [0.1, 0.15) is 25.1 Å². The maximum atomic E-state index is 11.6. The highest BCUT2D eigenvalue weighted by Gasteiger charge is 2.39. The van der Waals surface area contributed by atoms with E-state index >= 15 is 0 Å². The Bertz CT molecular complexity index is 797. The van der Waals surface area contributed by atoms with Crippen LogP contribution in [0.25, 0.3) is 11.5 Å². The van der Waals surface area contributed by atoms with Crippen LogP contribution in [0.3, 0.4) is 0 Å². The molecule has 0 aliphatic heterocycles. The van der Waals surface area contributed by atoms with Gasteiger partial charge in [-0.2, -0.15) is 4.98 Å². The minimum absolute atomic E-state index is 0.201. The molecule has 1 heterocycles. The summed E-state index contributed by atoms with van der Waals surface area (Å²) >= 11 is 3.37. The highest BCUT2D eigenvalue weighted by molar-refractivity contribution is 9.10. The van der Waals surface area contributed by atoms with E-state index in [2.05, 4.69) is 26.1 Å². The van der Waals surface area contributed by atoms with Crippen molar-refractivity contribution in [2.75, 3.05) is 6.26 Å². The number of hydrogen-bond acceptors (Lipinski definition) is 6. The van der Waals surface area contributed by atoms with E-state index in [1.54, 1.807) is 6.07 Å². The summed E-state index contributed by atoms with van der Waals surface area (Å²) in [4.78, 5) is 4.53. The molecule has 3 rings (SSSR count). The first-order valence-electron chi connectivity index (χ1n) is 6.43. The molecule has 1 saturated carbocycles. The lowest BCUT2D eigenvalue weighted by atomic mass is 9.77. The second-order valence-corrected chi connectivity index (χ2v) is 8.22. The molecule has 21 heavy (non-hydrogen) atoms. The normalized spacial score (nSPS) is 17.5. The van der Waals surface area contributed by atoms with Crippen molar-refractivity contribution in [3.8, 4) is 11.5 Å². The molecule has 8 heteroatoms. The maximum absolute atomic E-state index is 11.6. The van der Waals surface area contributed by atoms with E-state index in [1.165, 1.54) is 12.1 Å². The Kier molecular flexibility index (Phi) is 3.42. The number of nitrogens with zero attached hydrogens (tertiary/aromatic N) is 2. The van der Waals surface area contributed by atoms with Gasteiger partial charge in [0.25, 0.3) is 5.89 Å². The number of aromatic nitrogens is 2. The number of benzene rings is 1. The molecule has 1 aromatic heterocycles. The van der Waals surface area contributed by atoms with Crippen molar-refractivity contribution in [1.29, 1.82) is 0 Å². The average Bonchev–Trinajstić information content (AvgIpc) is 2.84. The summed E-state index contributed by atoms with van der Waals surface area (Å²) in [6, 6.07) is 4.69. The SMILES string of the molecule is CS(=O)(=O)c1ccc(Br)c(-c2nc(C3(N)CCC3)no2)c1. The zero-order chi connectivity index (χ0) is 15.3. The lowest BCUT2D eigenvalue weighted by Crippen LogP contribution is -2.44. The quantitative estimate of drug-likeness (QED) is 0.887. The number of hydrogen-bond donors (Lipinski definition) is 1. The van der Waals surface area contributed by atoms with Crippen LogP contribution >= 0.6 is 15.9 Å². The van der Waals surface area contributed by atoms with Crippen molar-refractivity contribution >= 4 is 25.8 Å².